The van der Waals surface area contributed by atoms with E-state index in [2.05, 4.69) is 20.5 Å². The van der Waals surface area contributed by atoms with Crippen molar-refractivity contribution < 1.29 is 14.3 Å². The summed E-state index contributed by atoms with van der Waals surface area (Å²) >= 11 is 5.84. The van der Waals surface area contributed by atoms with Gasteiger partial charge in [0.05, 0.1) is 12.5 Å². The Morgan fingerprint density at radius 3 is 2.75 bits per heavy atom. The molecule has 2 N–H and O–H groups in total. The van der Waals surface area contributed by atoms with Gasteiger partial charge >= 0.3 is 5.97 Å². The minimum atomic E-state index is -0.137. The maximum Gasteiger partial charge on any atom is 0.310 e. The number of halogens is 1. The number of nitrogens with zero attached hydrogens (tertiary/aromatic N) is 2. The van der Waals surface area contributed by atoms with Gasteiger partial charge in [0.2, 0.25) is 5.91 Å². The molecule has 1 amide bonds. The fourth-order valence-electron chi connectivity index (χ4n) is 3.16. The lowest BCUT2D eigenvalue weighted by Gasteiger charge is -2.33. The highest BCUT2D eigenvalue weighted by atomic mass is 35.5. The third kappa shape index (κ3) is 7.03. The summed E-state index contributed by atoms with van der Waals surface area (Å²) < 4.78 is 5.15. The van der Waals surface area contributed by atoms with Gasteiger partial charge < -0.3 is 20.3 Å². The van der Waals surface area contributed by atoms with Gasteiger partial charge in [0, 0.05) is 43.8 Å². The summed E-state index contributed by atoms with van der Waals surface area (Å²) in [5, 5.41) is 6.77. The average molecular weight is 409 g/mol. The van der Waals surface area contributed by atoms with Gasteiger partial charge in [0.1, 0.15) is 0 Å². The molecule has 1 aromatic rings. The summed E-state index contributed by atoms with van der Waals surface area (Å²) in [7, 11) is 1.73. The van der Waals surface area contributed by atoms with Crippen LogP contribution in [0.1, 0.15) is 32.6 Å². The van der Waals surface area contributed by atoms with Crippen LogP contribution in [0.3, 0.4) is 0 Å². The van der Waals surface area contributed by atoms with Crippen LogP contribution in [0.2, 0.25) is 5.02 Å². The largest absolute Gasteiger partial charge is 0.466 e. The number of ether oxygens (including phenoxy) is 1. The second-order valence-corrected chi connectivity index (χ2v) is 7.11. The number of piperidine rings is 1. The summed E-state index contributed by atoms with van der Waals surface area (Å²) in [5.41, 5.74) is 0.733. The number of carbonyl (C=O) groups is 2. The van der Waals surface area contributed by atoms with Gasteiger partial charge in [-0.15, -0.1) is 0 Å². The summed E-state index contributed by atoms with van der Waals surface area (Å²) in [6.45, 7) is 4.31. The van der Waals surface area contributed by atoms with E-state index in [-0.39, 0.29) is 17.8 Å². The number of esters is 1. The highest BCUT2D eigenvalue weighted by Crippen LogP contribution is 2.18. The second kappa shape index (κ2) is 11.5. The zero-order chi connectivity index (χ0) is 20.4. The Bertz CT molecular complexity index is 679. The zero-order valence-electron chi connectivity index (χ0n) is 16.5. The number of amides is 1. The molecule has 0 saturated carbocycles. The van der Waals surface area contributed by atoms with Crippen LogP contribution in [-0.4, -0.2) is 56.0 Å². The molecule has 0 spiro atoms. The van der Waals surface area contributed by atoms with Crippen molar-refractivity contribution in [2.45, 2.75) is 32.6 Å². The molecule has 0 aromatic heterocycles. The molecule has 1 unspecified atom stereocenters. The van der Waals surface area contributed by atoms with Crippen molar-refractivity contribution in [3.63, 3.8) is 0 Å². The van der Waals surface area contributed by atoms with E-state index in [9.17, 15) is 9.59 Å². The molecule has 0 bridgehead atoms. The van der Waals surface area contributed by atoms with E-state index in [1.54, 1.807) is 31.3 Å². The molecule has 0 radical (unpaired) electrons. The molecule has 1 heterocycles. The molecule has 1 aliphatic rings. The van der Waals surface area contributed by atoms with E-state index >= 15 is 0 Å². The number of carbonyl (C=O) groups excluding carboxylic acids is 2. The quantitative estimate of drug-likeness (QED) is 0.313. The van der Waals surface area contributed by atoms with Crippen molar-refractivity contribution in [3.05, 3.63) is 29.3 Å². The Labute approximate surface area is 171 Å². The van der Waals surface area contributed by atoms with Crippen LogP contribution in [0.25, 0.3) is 0 Å². The Kier molecular flexibility index (Phi) is 9.07. The van der Waals surface area contributed by atoms with Gasteiger partial charge in [-0.2, -0.15) is 0 Å². The Morgan fingerprint density at radius 2 is 2.07 bits per heavy atom. The average Bonchev–Trinajstić information content (AvgIpc) is 2.70. The molecule has 0 aliphatic carbocycles. The van der Waals surface area contributed by atoms with Crippen molar-refractivity contribution in [2.75, 3.05) is 38.6 Å². The maximum absolute atomic E-state index is 12.0. The summed E-state index contributed by atoms with van der Waals surface area (Å²) in [5.74, 6) is 0.463. The van der Waals surface area contributed by atoms with Gasteiger partial charge in [0.15, 0.2) is 5.96 Å². The lowest BCUT2D eigenvalue weighted by atomic mass is 9.98. The van der Waals surface area contributed by atoms with Crippen LogP contribution in [0.4, 0.5) is 5.69 Å². The predicted octanol–water partition coefficient (Wildman–Crippen LogP) is 2.91. The minimum absolute atomic E-state index is 0.0422. The normalized spacial score (nSPS) is 17.2. The molecule has 1 atom stereocenters. The van der Waals surface area contributed by atoms with Crippen LogP contribution in [0, 0.1) is 5.92 Å². The number of benzene rings is 1. The van der Waals surface area contributed by atoms with E-state index in [0.717, 1.165) is 31.0 Å². The van der Waals surface area contributed by atoms with Crippen LogP contribution < -0.4 is 10.6 Å². The summed E-state index contributed by atoms with van der Waals surface area (Å²) in [4.78, 5) is 30.4. The van der Waals surface area contributed by atoms with Gasteiger partial charge in [-0.05, 0) is 50.5 Å². The standard InChI is InChI=1S/C20H29ClN4O3/c1-3-28-19(27)15-6-5-13-25(14-15)20(22-2)23-12-4-7-18(26)24-17-10-8-16(21)9-11-17/h8-11,15H,3-7,12-14H2,1-2H3,(H,22,23)(H,24,26). The summed E-state index contributed by atoms with van der Waals surface area (Å²) in [6.07, 6.45) is 2.84. The summed E-state index contributed by atoms with van der Waals surface area (Å²) in [6, 6.07) is 7.03. The highest BCUT2D eigenvalue weighted by Gasteiger charge is 2.28. The highest BCUT2D eigenvalue weighted by molar-refractivity contribution is 6.30. The molecule has 7 nitrogen and oxygen atoms in total. The van der Waals surface area contributed by atoms with Crippen LogP contribution >= 0.6 is 11.6 Å². The molecular weight excluding hydrogens is 380 g/mol. The SMILES string of the molecule is CCOC(=O)C1CCCN(C(=NC)NCCCC(=O)Nc2ccc(Cl)cc2)C1. The maximum atomic E-state index is 12.0. The van der Waals surface area contributed by atoms with Crippen LogP contribution in [-0.2, 0) is 14.3 Å². The van der Waals surface area contributed by atoms with E-state index in [0.29, 0.717) is 37.6 Å². The smallest absolute Gasteiger partial charge is 0.310 e. The molecule has 1 fully saturated rings. The number of aliphatic imine (C=N–C) groups is 1. The van der Waals surface area contributed by atoms with Gasteiger partial charge in [0.25, 0.3) is 0 Å². The number of likely N-dealkylation sites (tertiary alicyclic amines) is 1. The number of nitrogens with one attached hydrogen (secondary N) is 2. The zero-order valence-corrected chi connectivity index (χ0v) is 17.3. The van der Waals surface area contributed by atoms with E-state index in [4.69, 9.17) is 16.3 Å². The van der Waals surface area contributed by atoms with E-state index < -0.39 is 0 Å². The monoisotopic (exact) mass is 408 g/mol. The lowest BCUT2D eigenvalue weighted by Crippen LogP contribution is -2.48. The molecule has 2 rings (SSSR count). The fraction of sp³-hybridized carbons (Fsp3) is 0.550. The number of hydrogen-bond donors (Lipinski definition) is 2. The Balaban J connectivity index is 1.72. The molecule has 28 heavy (non-hydrogen) atoms. The van der Waals surface area contributed by atoms with Crippen molar-refractivity contribution >= 4 is 35.1 Å². The molecule has 8 heteroatoms. The molecule has 1 saturated heterocycles. The number of hydrogen-bond acceptors (Lipinski definition) is 4. The second-order valence-electron chi connectivity index (χ2n) is 6.67. The van der Waals surface area contributed by atoms with Gasteiger partial charge in [-0.3, -0.25) is 14.6 Å². The molecule has 1 aromatic carbocycles. The van der Waals surface area contributed by atoms with Gasteiger partial charge in [-0.25, -0.2) is 0 Å². The molecule has 154 valence electrons. The lowest BCUT2D eigenvalue weighted by molar-refractivity contribution is -0.149. The Hall–Kier alpha value is -2.28. The number of anilines is 1. The third-order valence-electron chi connectivity index (χ3n) is 4.54. The van der Waals surface area contributed by atoms with Crippen LogP contribution in [0.5, 0.6) is 0 Å². The first kappa shape index (κ1) is 22.0. The van der Waals surface area contributed by atoms with Crippen molar-refractivity contribution in [1.82, 2.24) is 10.2 Å². The van der Waals surface area contributed by atoms with Gasteiger partial charge in [-0.1, -0.05) is 11.6 Å². The van der Waals surface area contributed by atoms with E-state index in [1.165, 1.54) is 0 Å². The predicted molar refractivity (Wildman–Crippen MR) is 112 cm³/mol. The first-order valence-corrected chi connectivity index (χ1v) is 10.1. The fourth-order valence-corrected chi connectivity index (χ4v) is 3.29. The number of guanidine groups is 1. The minimum Gasteiger partial charge on any atom is -0.466 e. The Morgan fingerprint density at radius 1 is 1.32 bits per heavy atom. The van der Waals surface area contributed by atoms with Crippen molar-refractivity contribution in [3.8, 4) is 0 Å². The van der Waals surface area contributed by atoms with E-state index in [1.807, 2.05) is 6.92 Å². The third-order valence-corrected chi connectivity index (χ3v) is 4.80. The number of rotatable bonds is 7. The van der Waals surface area contributed by atoms with Crippen molar-refractivity contribution in [2.24, 2.45) is 10.9 Å². The van der Waals surface area contributed by atoms with Crippen molar-refractivity contribution in [1.29, 1.82) is 0 Å². The molecule has 1 aliphatic heterocycles. The topological polar surface area (TPSA) is 83.0 Å². The first-order chi connectivity index (χ1) is 13.5. The van der Waals surface area contributed by atoms with Crippen LogP contribution in [0.15, 0.2) is 29.3 Å². The first-order valence-electron chi connectivity index (χ1n) is 9.71. The molecular formula is C20H29ClN4O3.